The number of rotatable bonds is 2. The zero-order valence-electron chi connectivity index (χ0n) is 10.3. The SMILES string of the molecule is CN1CCCN(C)C(c2ncc(C=O)cn2)C1. The van der Waals surface area contributed by atoms with E-state index in [1.807, 2.05) is 0 Å². The molecule has 1 fully saturated rings. The summed E-state index contributed by atoms with van der Waals surface area (Å²) in [4.78, 5) is 23.7. The van der Waals surface area contributed by atoms with Gasteiger partial charge in [-0.1, -0.05) is 0 Å². The average Bonchev–Trinajstić information content (AvgIpc) is 2.51. The van der Waals surface area contributed by atoms with Crippen LogP contribution >= 0.6 is 0 Å². The molecule has 0 spiro atoms. The number of nitrogens with zero attached hydrogens (tertiary/aromatic N) is 4. The Hall–Kier alpha value is -1.33. The van der Waals surface area contributed by atoms with Gasteiger partial charge in [0.05, 0.1) is 11.6 Å². The highest BCUT2D eigenvalue weighted by molar-refractivity contribution is 5.73. The summed E-state index contributed by atoms with van der Waals surface area (Å²) in [6.07, 6.45) is 5.12. The minimum Gasteiger partial charge on any atom is -0.304 e. The molecule has 0 aromatic carbocycles. The molecule has 5 nitrogen and oxygen atoms in total. The number of hydrogen-bond acceptors (Lipinski definition) is 5. The molecule has 1 aliphatic heterocycles. The third-order valence-electron chi connectivity index (χ3n) is 3.19. The lowest BCUT2D eigenvalue weighted by atomic mass is 10.2. The highest BCUT2D eigenvalue weighted by atomic mass is 16.1. The van der Waals surface area contributed by atoms with Crippen LogP contribution in [-0.2, 0) is 0 Å². The molecule has 1 saturated heterocycles. The van der Waals surface area contributed by atoms with Crippen LogP contribution in [-0.4, -0.2) is 59.8 Å². The van der Waals surface area contributed by atoms with Crippen LogP contribution in [0.5, 0.6) is 0 Å². The predicted octanol–water partition coefficient (Wildman–Crippen LogP) is 0.597. The van der Waals surface area contributed by atoms with E-state index in [4.69, 9.17) is 0 Å². The fourth-order valence-electron chi connectivity index (χ4n) is 2.13. The Balaban J connectivity index is 2.19. The lowest BCUT2D eigenvalue weighted by molar-refractivity contribution is 0.112. The lowest BCUT2D eigenvalue weighted by Crippen LogP contribution is -2.31. The first kappa shape index (κ1) is 12.1. The van der Waals surface area contributed by atoms with Gasteiger partial charge < -0.3 is 4.90 Å². The second-order valence-corrected chi connectivity index (χ2v) is 4.60. The van der Waals surface area contributed by atoms with Crippen molar-refractivity contribution in [3.63, 3.8) is 0 Å². The molecule has 1 aliphatic rings. The summed E-state index contributed by atoms with van der Waals surface area (Å²) in [5.41, 5.74) is 0.526. The van der Waals surface area contributed by atoms with Gasteiger partial charge in [0.1, 0.15) is 5.82 Å². The summed E-state index contributed by atoms with van der Waals surface area (Å²) in [6.45, 7) is 3.08. The van der Waals surface area contributed by atoms with Crippen molar-refractivity contribution >= 4 is 6.29 Å². The highest BCUT2D eigenvalue weighted by Gasteiger charge is 2.23. The van der Waals surface area contributed by atoms with Gasteiger partial charge in [0.2, 0.25) is 0 Å². The molecule has 17 heavy (non-hydrogen) atoms. The fraction of sp³-hybridized carbons (Fsp3) is 0.583. The molecule has 0 bridgehead atoms. The molecule has 1 unspecified atom stereocenters. The van der Waals surface area contributed by atoms with Gasteiger partial charge in [0, 0.05) is 18.9 Å². The van der Waals surface area contributed by atoms with Crippen molar-refractivity contribution in [2.75, 3.05) is 33.7 Å². The van der Waals surface area contributed by atoms with E-state index < -0.39 is 0 Å². The Morgan fingerprint density at radius 1 is 1.29 bits per heavy atom. The van der Waals surface area contributed by atoms with Gasteiger partial charge in [-0.05, 0) is 33.6 Å². The van der Waals surface area contributed by atoms with Crippen LogP contribution < -0.4 is 0 Å². The molecule has 1 aromatic heterocycles. The standard InChI is InChI=1S/C12H18N4O/c1-15-4-3-5-16(2)11(8-15)12-13-6-10(9-17)7-14-12/h6-7,9,11H,3-5,8H2,1-2H3. The molecule has 1 aromatic rings. The van der Waals surface area contributed by atoms with Gasteiger partial charge in [-0.25, -0.2) is 9.97 Å². The maximum Gasteiger partial charge on any atom is 0.153 e. The molecule has 5 heteroatoms. The minimum absolute atomic E-state index is 0.211. The largest absolute Gasteiger partial charge is 0.304 e. The fourth-order valence-corrected chi connectivity index (χ4v) is 2.13. The molecule has 1 atom stereocenters. The molecular weight excluding hydrogens is 216 g/mol. The van der Waals surface area contributed by atoms with Crippen LogP contribution in [0.3, 0.4) is 0 Å². The van der Waals surface area contributed by atoms with Crippen molar-refractivity contribution in [1.29, 1.82) is 0 Å². The highest BCUT2D eigenvalue weighted by Crippen LogP contribution is 2.19. The van der Waals surface area contributed by atoms with Crippen LogP contribution in [0.15, 0.2) is 12.4 Å². The van der Waals surface area contributed by atoms with E-state index in [0.29, 0.717) is 5.56 Å². The van der Waals surface area contributed by atoms with Crippen LogP contribution in [0.25, 0.3) is 0 Å². The molecular formula is C12H18N4O. The zero-order chi connectivity index (χ0) is 12.3. The molecule has 0 radical (unpaired) electrons. The summed E-state index contributed by atoms with van der Waals surface area (Å²) in [5.74, 6) is 0.798. The first-order chi connectivity index (χ1) is 8.20. The number of aldehydes is 1. The summed E-state index contributed by atoms with van der Waals surface area (Å²) < 4.78 is 0. The monoisotopic (exact) mass is 234 g/mol. The van der Waals surface area contributed by atoms with Gasteiger partial charge in [0.15, 0.2) is 6.29 Å². The van der Waals surface area contributed by atoms with E-state index >= 15 is 0 Å². The first-order valence-corrected chi connectivity index (χ1v) is 5.86. The van der Waals surface area contributed by atoms with Crippen LogP contribution in [0.1, 0.15) is 28.6 Å². The average molecular weight is 234 g/mol. The molecule has 2 heterocycles. The Labute approximate surface area is 101 Å². The van der Waals surface area contributed by atoms with Crippen LogP contribution in [0.4, 0.5) is 0 Å². The van der Waals surface area contributed by atoms with E-state index in [1.165, 1.54) is 0 Å². The van der Waals surface area contributed by atoms with E-state index in [9.17, 15) is 4.79 Å². The van der Waals surface area contributed by atoms with Crippen molar-refractivity contribution in [1.82, 2.24) is 19.8 Å². The van der Waals surface area contributed by atoms with E-state index in [-0.39, 0.29) is 6.04 Å². The van der Waals surface area contributed by atoms with Gasteiger partial charge in [-0.3, -0.25) is 9.69 Å². The Morgan fingerprint density at radius 2 is 2.00 bits per heavy atom. The van der Waals surface area contributed by atoms with Gasteiger partial charge >= 0.3 is 0 Å². The van der Waals surface area contributed by atoms with E-state index in [0.717, 1.165) is 38.2 Å². The van der Waals surface area contributed by atoms with Crippen LogP contribution in [0.2, 0.25) is 0 Å². The minimum atomic E-state index is 0.211. The maximum atomic E-state index is 10.6. The Kier molecular flexibility index (Phi) is 3.81. The van der Waals surface area contributed by atoms with Gasteiger partial charge in [0.25, 0.3) is 0 Å². The zero-order valence-corrected chi connectivity index (χ0v) is 10.3. The second kappa shape index (κ2) is 5.33. The van der Waals surface area contributed by atoms with Crippen molar-refractivity contribution < 1.29 is 4.79 Å². The topological polar surface area (TPSA) is 49.3 Å². The molecule has 0 aliphatic carbocycles. The summed E-state index contributed by atoms with van der Waals surface area (Å²) in [7, 11) is 4.22. The number of carbonyl (C=O) groups excluding carboxylic acids is 1. The van der Waals surface area contributed by atoms with Crippen molar-refractivity contribution in [3.8, 4) is 0 Å². The normalized spacial score (nSPS) is 23.3. The molecule has 2 rings (SSSR count). The number of hydrogen-bond donors (Lipinski definition) is 0. The molecule has 0 amide bonds. The summed E-state index contributed by atoms with van der Waals surface area (Å²) in [6, 6.07) is 0.211. The quantitative estimate of drug-likeness (QED) is 0.701. The van der Waals surface area contributed by atoms with E-state index in [1.54, 1.807) is 12.4 Å². The molecule has 0 saturated carbocycles. The van der Waals surface area contributed by atoms with E-state index in [2.05, 4.69) is 33.9 Å². The number of carbonyl (C=O) groups is 1. The van der Waals surface area contributed by atoms with Crippen molar-refractivity contribution in [3.05, 3.63) is 23.8 Å². The van der Waals surface area contributed by atoms with Crippen molar-refractivity contribution in [2.24, 2.45) is 0 Å². The smallest absolute Gasteiger partial charge is 0.153 e. The lowest BCUT2D eigenvalue weighted by Gasteiger charge is -2.25. The predicted molar refractivity (Wildman–Crippen MR) is 64.9 cm³/mol. The number of likely N-dealkylation sites (N-methyl/N-ethyl adjacent to an activating group) is 2. The molecule has 0 N–H and O–H groups in total. The summed E-state index contributed by atoms with van der Waals surface area (Å²) >= 11 is 0. The van der Waals surface area contributed by atoms with Gasteiger partial charge in [-0.2, -0.15) is 0 Å². The Morgan fingerprint density at radius 3 is 2.65 bits per heavy atom. The second-order valence-electron chi connectivity index (χ2n) is 4.60. The van der Waals surface area contributed by atoms with Crippen molar-refractivity contribution in [2.45, 2.75) is 12.5 Å². The molecule has 92 valence electrons. The van der Waals surface area contributed by atoms with Crippen LogP contribution in [0, 0.1) is 0 Å². The number of aromatic nitrogens is 2. The maximum absolute atomic E-state index is 10.6. The third-order valence-corrected chi connectivity index (χ3v) is 3.19. The first-order valence-electron chi connectivity index (χ1n) is 5.86. The summed E-state index contributed by atoms with van der Waals surface area (Å²) in [5, 5.41) is 0. The van der Waals surface area contributed by atoms with Gasteiger partial charge in [-0.15, -0.1) is 0 Å². The third kappa shape index (κ3) is 2.87. The Bertz CT molecular complexity index is 379.